The zero-order chi connectivity index (χ0) is 27.8. The van der Waals surface area contributed by atoms with Gasteiger partial charge in [0.05, 0.1) is 26.4 Å². The van der Waals surface area contributed by atoms with Crippen molar-refractivity contribution in [1.29, 1.82) is 0 Å². The van der Waals surface area contributed by atoms with E-state index in [1.165, 1.54) is 0 Å². The van der Waals surface area contributed by atoms with Gasteiger partial charge >= 0.3 is 20.5 Å². The largest absolute Gasteiger partial charge is 0.462 e. The van der Waals surface area contributed by atoms with Gasteiger partial charge in [-0.15, -0.1) is 0 Å². The van der Waals surface area contributed by atoms with E-state index in [0.29, 0.717) is 44.2 Å². The summed E-state index contributed by atoms with van der Waals surface area (Å²) in [5.74, 6) is -0.707. The Bertz CT molecular complexity index is 662. The molecule has 0 radical (unpaired) electrons. The molecule has 0 spiro atoms. The van der Waals surface area contributed by atoms with Crippen LogP contribution in [0.2, 0.25) is 50.9 Å². The van der Waals surface area contributed by atoms with Gasteiger partial charge in [0.1, 0.15) is 0 Å². The number of hydrogen-bond donors (Lipinski definition) is 0. The van der Waals surface area contributed by atoms with Crippen molar-refractivity contribution in [3.8, 4) is 0 Å². The van der Waals surface area contributed by atoms with E-state index in [1.54, 1.807) is 21.0 Å². The van der Waals surface area contributed by atoms with Crippen molar-refractivity contribution < 1.29 is 36.8 Å². The average Bonchev–Trinajstić information content (AvgIpc) is 2.75. The summed E-state index contributed by atoms with van der Waals surface area (Å²) in [7, 11) is -5.02. The third kappa shape index (κ3) is 20.8. The quantitative estimate of drug-likeness (QED) is 0.0617. The van der Waals surface area contributed by atoms with E-state index >= 15 is 0 Å². The molecule has 0 atom stereocenters. The molecule has 0 bridgehead atoms. The lowest BCUT2D eigenvalue weighted by Gasteiger charge is -2.41. The summed E-state index contributed by atoms with van der Waals surface area (Å²) in [4.78, 5) is 23.3. The lowest BCUT2D eigenvalue weighted by molar-refractivity contribution is -0.139. The number of methoxy groups -OCH3 is 1. The molecule has 11 heteroatoms. The van der Waals surface area contributed by atoms with Crippen LogP contribution >= 0.6 is 0 Å². The van der Waals surface area contributed by atoms with Crippen LogP contribution in [-0.4, -0.2) is 77.3 Å². The average molecular weight is 595 g/mol. The Kier molecular flexibility index (Phi) is 22.6. The zero-order valence-corrected chi connectivity index (χ0v) is 27.0. The molecule has 0 rings (SSSR count). The summed E-state index contributed by atoms with van der Waals surface area (Å²) in [6.07, 6.45) is 2.35. The molecule has 0 saturated carbocycles. The van der Waals surface area contributed by atoms with Gasteiger partial charge in [0.2, 0.25) is 0 Å². The minimum absolute atomic E-state index is 0. The number of rotatable bonds is 21. The smallest absolute Gasteiger partial charge is 0.333 e. The molecule has 0 heterocycles. The zero-order valence-electron chi connectivity index (χ0n) is 24.0. The summed E-state index contributed by atoms with van der Waals surface area (Å²) >= 11 is 0. The molecular weight excluding hydrogens is 537 g/mol. The highest BCUT2D eigenvalue weighted by atomic mass is 28.5. The second-order valence-electron chi connectivity index (χ2n) is 10.6. The van der Waals surface area contributed by atoms with Gasteiger partial charge < -0.3 is 27.2 Å². The minimum atomic E-state index is -2.52. The van der Waals surface area contributed by atoms with Crippen LogP contribution in [0.25, 0.3) is 0 Å². The summed E-state index contributed by atoms with van der Waals surface area (Å²) in [5, 5.41) is 0. The number of ether oxygens (including phenoxy) is 4. The van der Waals surface area contributed by atoms with Crippen molar-refractivity contribution in [3.63, 3.8) is 0 Å². The van der Waals surface area contributed by atoms with Crippen molar-refractivity contribution in [2.45, 2.75) is 98.8 Å². The van der Waals surface area contributed by atoms with Crippen molar-refractivity contribution in [2.75, 3.05) is 40.1 Å². The van der Waals surface area contributed by atoms with Crippen LogP contribution < -0.4 is 0 Å². The lowest BCUT2D eigenvalue weighted by atomic mass is 10.4. The molecule has 0 aromatic heterocycles. The predicted molar refractivity (Wildman–Crippen MR) is 165 cm³/mol. The summed E-state index contributed by atoms with van der Waals surface area (Å²) in [6, 6.07) is 2.57. The van der Waals surface area contributed by atoms with Gasteiger partial charge in [0.15, 0.2) is 16.6 Å². The van der Waals surface area contributed by atoms with Gasteiger partial charge in [-0.3, -0.25) is 0 Å². The molecule has 0 N–H and O–H groups in total. The fourth-order valence-corrected chi connectivity index (χ4v) is 18.0. The van der Waals surface area contributed by atoms with E-state index in [9.17, 15) is 9.59 Å². The summed E-state index contributed by atoms with van der Waals surface area (Å²) in [5.41, 5.74) is 0.816. The molecule has 0 aromatic carbocycles. The fourth-order valence-electron chi connectivity index (χ4n) is 3.71. The number of carbonyl (C=O) groups is 2. The van der Waals surface area contributed by atoms with Crippen molar-refractivity contribution in [3.05, 3.63) is 24.3 Å². The standard InChI is InChI=1S/C25H50O8Si3.2CH4/c1-22(2)24(26)30-15-12-19-34(6,7)32-36(10,21-11-14-29-18-17-28-5)33-35(8,9)20-13-16-31-25(27)23(3)4;;/h1,3,11-21H2,2,4-10H3;2*1H4. The van der Waals surface area contributed by atoms with E-state index in [-0.39, 0.29) is 26.8 Å². The highest BCUT2D eigenvalue weighted by Crippen LogP contribution is 2.29. The molecule has 226 valence electrons. The first kappa shape index (κ1) is 41.4. The SMILES string of the molecule is C.C.C=C(C)C(=O)OCCC[Si](C)(C)O[Si](C)(CCCOCCOC)O[Si](C)(C)CCCOC(=O)C(=C)C. The van der Waals surface area contributed by atoms with Crippen molar-refractivity contribution >= 4 is 37.1 Å². The Balaban J connectivity index is -0.00000612. The molecule has 8 nitrogen and oxygen atoms in total. The van der Waals surface area contributed by atoms with Crippen LogP contribution in [0.5, 0.6) is 0 Å². The molecule has 38 heavy (non-hydrogen) atoms. The monoisotopic (exact) mass is 594 g/mol. The maximum atomic E-state index is 11.6. The van der Waals surface area contributed by atoms with Crippen LogP contribution in [0.4, 0.5) is 0 Å². The summed E-state index contributed by atoms with van der Waals surface area (Å²) in [6.45, 7) is 24.0. The Morgan fingerprint density at radius 2 is 1.03 bits per heavy atom. The van der Waals surface area contributed by atoms with Gasteiger partial charge in [-0.1, -0.05) is 28.0 Å². The maximum Gasteiger partial charge on any atom is 0.333 e. The molecule has 0 amide bonds. The molecule has 0 aliphatic heterocycles. The first-order valence-electron chi connectivity index (χ1n) is 12.8. The second-order valence-corrected chi connectivity index (χ2v) is 23.0. The Morgan fingerprint density at radius 1 is 0.632 bits per heavy atom. The molecule has 0 fully saturated rings. The van der Waals surface area contributed by atoms with Crippen molar-refractivity contribution in [1.82, 2.24) is 0 Å². The first-order chi connectivity index (χ1) is 16.6. The van der Waals surface area contributed by atoms with Gasteiger partial charge in [-0.2, -0.15) is 0 Å². The Hall–Kier alpha value is -1.09. The topological polar surface area (TPSA) is 89.5 Å². The van der Waals surface area contributed by atoms with E-state index in [2.05, 4.69) is 45.9 Å². The van der Waals surface area contributed by atoms with E-state index in [1.807, 2.05) is 0 Å². The predicted octanol–water partition coefficient (Wildman–Crippen LogP) is 6.85. The van der Waals surface area contributed by atoms with Crippen LogP contribution in [-0.2, 0) is 36.8 Å². The minimum Gasteiger partial charge on any atom is -0.462 e. The molecular formula is C27H58O8Si3. The Morgan fingerprint density at radius 3 is 1.39 bits per heavy atom. The van der Waals surface area contributed by atoms with Gasteiger partial charge in [-0.05, 0) is 84.0 Å². The van der Waals surface area contributed by atoms with Gasteiger partial charge in [0.25, 0.3) is 0 Å². The molecule has 0 saturated heterocycles. The second kappa shape index (κ2) is 20.8. The van der Waals surface area contributed by atoms with Crippen molar-refractivity contribution in [2.24, 2.45) is 0 Å². The van der Waals surface area contributed by atoms with Gasteiger partial charge in [-0.25, -0.2) is 9.59 Å². The normalized spacial score (nSPS) is 11.7. The van der Waals surface area contributed by atoms with Crippen LogP contribution in [0.15, 0.2) is 24.3 Å². The molecule has 0 aliphatic carbocycles. The highest BCUT2D eigenvalue weighted by molar-refractivity contribution is 6.88. The van der Waals surface area contributed by atoms with E-state index < -0.39 is 25.2 Å². The van der Waals surface area contributed by atoms with Crippen LogP contribution in [0.3, 0.4) is 0 Å². The van der Waals surface area contributed by atoms with Gasteiger partial charge in [0, 0.05) is 24.9 Å². The molecule has 0 aliphatic rings. The fraction of sp³-hybridized carbons (Fsp3) is 0.778. The van der Waals surface area contributed by atoms with E-state index in [4.69, 9.17) is 27.2 Å². The lowest BCUT2D eigenvalue weighted by Crippen LogP contribution is -2.54. The Labute approximate surface area is 237 Å². The number of carbonyl (C=O) groups excluding carboxylic acids is 2. The van der Waals surface area contributed by atoms with Crippen LogP contribution in [0, 0.1) is 0 Å². The van der Waals surface area contributed by atoms with Crippen LogP contribution in [0.1, 0.15) is 48.0 Å². The maximum absolute atomic E-state index is 11.6. The molecule has 0 aromatic rings. The first-order valence-corrected chi connectivity index (χ1v) is 21.5. The highest BCUT2D eigenvalue weighted by Gasteiger charge is 2.42. The molecule has 0 unspecified atom stereocenters. The summed E-state index contributed by atoms with van der Waals surface area (Å²) < 4.78 is 35.0. The third-order valence-electron chi connectivity index (χ3n) is 5.35. The van der Waals surface area contributed by atoms with E-state index in [0.717, 1.165) is 37.4 Å². The number of esters is 2. The third-order valence-corrected chi connectivity index (χ3v) is 17.6. The number of hydrogen-bond acceptors (Lipinski definition) is 8.